The number of piperidine rings is 1. The Kier molecular flexibility index (Phi) is 5.31. The summed E-state index contributed by atoms with van der Waals surface area (Å²) in [5.74, 6) is 0.658. The van der Waals surface area contributed by atoms with Crippen molar-refractivity contribution in [2.45, 2.75) is 45.1 Å². The summed E-state index contributed by atoms with van der Waals surface area (Å²) in [6.45, 7) is 5.83. The van der Waals surface area contributed by atoms with Gasteiger partial charge in [0.15, 0.2) is 0 Å². The largest absolute Gasteiger partial charge is 0.494 e. The lowest BCUT2D eigenvalue weighted by molar-refractivity contribution is -0.130. The van der Waals surface area contributed by atoms with Crippen molar-refractivity contribution in [3.05, 3.63) is 59.7 Å². The van der Waals surface area contributed by atoms with E-state index in [9.17, 15) is 9.59 Å². The molecule has 0 saturated carbocycles. The number of aryl methyl sites for hydroxylation is 1. The molecule has 0 N–H and O–H groups in total. The van der Waals surface area contributed by atoms with E-state index in [1.54, 1.807) is 6.07 Å². The van der Waals surface area contributed by atoms with Crippen molar-refractivity contribution < 1.29 is 14.3 Å². The first-order valence-electron chi connectivity index (χ1n) is 10.5. The van der Waals surface area contributed by atoms with Gasteiger partial charge < -0.3 is 14.5 Å². The van der Waals surface area contributed by atoms with Crippen molar-refractivity contribution >= 4 is 17.5 Å². The lowest BCUT2D eigenvalue weighted by Gasteiger charge is -2.44. The van der Waals surface area contributed by atoms with Gasteiger partial charge in [0.25, 0.3) is 11.8 Å². The molecular weight excluding hydrogens is 364 g/mol. The van der Waals surface area contributed by atoms with Gasteiger partial charge in [0.05, 0.1) is 6.61 Å². The number of ether oxygens (including phenoxy) is 1. The first-order valence-corrected chi connectivity index (χ1v) is 10.5. The molecule has 29 heavy (non-hydrogen) atoms. The number of carbonyl (C=O) groups excluding carboxylic acids is 2. The Morgan fingerprint density at radius 2 is 1.79 bits per heavy atom. The summed E-state index contributed by atoms with van der Waals surface area (Å²) in [5.41, 5.74) is 1.93. The highest BCUT2D eigenvalue weighted by molar-refractivity contribution is 6.06. The molecular formula is C24H28N2O3. The first kappa shape index (κ1) is 19.5. The van der Waals surface area contributed by atoms with Gasteiger partial charge in [-0.3, -0.25) is 9.59 Å². The van der Waals surface area contributed by atoms with Gasteiger partial charge in [-0.25, -0.2) is 0 Å². The van der Waals surface area contributed by atoms with E-state index in [0.29, 0.717) is 31.0 Å². The Hall–Kier alpha value is -2.82. The molecule has 2 heterocycles. The molecule has 2 aliphatic heterocycles. The third kappa shape index (κ3) is 3.50. The fourth-order valence-electron chi connectivity index (χ4n) is 4.66. The summed E-state index contributed by atoms with van der Waals surface area (Å²) >= 11 is 0. The molecule has 2 amide bonds. The van der Waals surface area contributed by atoms with Crippen LogP contribution in [0.4, 0.5) is 5.69 Å². The van der Waals surface area contributed by atoms with Crippen LogP contribution in [0.3, 0.4) is 0 Å². The Morgan fingerprint density at radius 3 is 2.52 bits per heavy atom. The minimum Gasteiger partial charge on any atom is -0.494 e. The molecule has 152 valence electrons. The molecule has 0 aromatic heterocycles. The van der Waals surface area contributed by atoms with E-state index in [4.69, 9.17) is 4.74 Å². The van der Waals surface area contributed by atoms with Crippen LogP contribution in [0.2, 0.25) is 0 Å². The van der Waals surface area contributed by atoms with Gasteiger partial charge in [0, 0.05) is 24.3 Å². The summed E-state index contributed by atoms with van der Waals surface area (Å²) in [5, 5.41) is 0. The van der Waals surface area contributed by atoms with Gasteiger partial charge >= 0.3 is 0 Å². The fraction of sp³-hybridized carbons (Fsp3) is 0.417. The van der Waals surface area contributed by atoms with Crippen LogP contribution in [0, 0.1) is 6.92 Å². The molecule has 2 saturated heterocycles. The van der Waals surface area contributed by atoms with Crippen LogP contribution in [-0.4, -0.2) is 41.9 Å². The number of amides is 2. The highest BCUT2D eigenvalue weighted by Crippen LogP contribution is 2.40. The van der Waals surface area contributed by atoms with E-state index >= 15 is 0 Å². The number of nitrogens with zero attached hydrogens (tertiary/aromatic N) is 2. The minimum absolute atomic E-state index is 0.0550. The third-order valence-corrected chi connectivity index (χ3v) is 6.09. The SMILES string of the molecule is CCOc1cccc(C(=O)N2CCCC23CCCN(c2ccc(C)cc2)C3=O)c1. The Morgan fingerprint density at radius 1 is 1.07 bits per heavy atom. The van der Waals surface area contributed by atoms with Crippen LogP contribution >= 0.6 is 0 Å². The molecule has 0 radical (unpaired) electrons. The maximum atomic E-state index is 13.7. The normalized spacial score (nSPS) is 21.7. The van der Waals surface area contributed by atoms with Crippen molar-refractivity contribution in [2.75, 3.05) is 24.6 Å². The highest BCUT2D eigenvalue weighted by Gasteiger charge is 2.53. The summed E-state index contributed by atoms with van der Waals surface area (Å²) in [6.07, 6.45) is 3.20. The molecule has 2 aliphatic rings. The minimum atomic E-state index is -0.734. The molecule has 2 aromatic carbocycles. The number of hydrogen-bond donors (Lipinski definition) is 0. The van der Waals surface area contributed by atoms with Gasteiger partial charge in [-0.2, -0.15) is 0 Å². The van der Waals surface area contributed by atoms with Gasteiger partial charge in [0.1, 0.15) is 11.3 Å². The van der Waals surface area contributed by atoms with E-state index in [1.165, 1.54) is 5.56 Å². The van der Waals surface area contributed by atoms with Crippen LogP contribution in [-0.2, 0) is 4.79 Å². The van der Waals surface area contributed by atoms with Crippen molar-refractivity contribution in [1.82, 2.24) is 4.90 Å². The summed E-state index contributed by atoms with van der Waals surface area (Å²) in [4.78, 5) is 30.8. The molecule has 2 aromatic rings. The number of hydrogen-bond acceptors (Lipinski definition) is 3. The maximum absolute atomic E-state index is 13.7. The van der Waals surface area contributed by atoms with Crippen LogP contribution in [0.25, 0.3) is 0 Å². The van der Waals surface area contributed by atoms with Crippen LogP contribution in [0.15, 0.2) is 48.5 Å². The van der Waals surface area contributed by atoms with Crippen LogP contribution < -0.4 is 9.64 Å². The lowest BCUT2D eigenvalue weighted by Crippen LogP contribution is -2.61. The Balaban J connectivity index is 1.63. The monoisotopic (exact) mass is 392 g/mol. The van der Waals surface area contributed by atoms with E-state index in [-0.39, 0.29) is 11.8 Å². The van der Waals surface area contributed by atoms with E-state index in [0.717, 1.165) is 31.4 Å². The number of likely N-dealkylation sites (tertiary alicyclic amines) is 1. The maximum Gasteiger partial charge on any atom is 0.254 e. The quantitative estimate of drug-likeness (QED) is 0.784. The molecule has 2 fully saturated rings. The number of benzene rings is 2. The topological polar surface area (TPSA) is 49.9 Å². The van der Waals surface area contributed by atoms with Gasteiger partial charge in [-0.05, 0) is 69.9 Å². The smallest absolute Gasteiger partial charge is 0.254 e. The molecule has 5 heteroatoms. The average molecular weight is 392 g/mol. The van der Waals surface area contributed by atoms with Crippen molar-refractivity contribution in [2.24, 2.45) is 0 Å². The standard InChI is InChI=1S/C24H28N2O3/c1-3-29-21-8-4-7-19(17-21)22(27)26-16-6-14-24(26)13-5-15-25(23(24)28)20-11-9-18(2)10-12-20/h4,7-12,17H,3,5-6,13-16H2,1-2H3. The van der Waals surface area contributed by atoms with Crippen molar-refractivity contribution in [3.8, 4) is 5.75 Å². The lowest BCUT2D eigenvalue weighted by atomic mass is 9.84. The van der Waals surface area contributed by atoms with E-state index in [2.05, 4.69) is 0 Å². The molecule has 4 rings (SSSR count). The predicted octanol–water partition coefficient (Wildman–Crippen LogP) is 4.20. The second kappa shape index (κ2) is 7.90. The predicted molar refractivity (Wildman–Crippen MR) is 113 cm³/mol. The zero-order chi connectivity index (χ0) is 20.4. The molecule has 0 bridgehead atoms. The third-order valence-electron chi connectivity index (χ3n) is 6.09. The first-order chi connectivity index (χ1) is 14.0. The second-order valence-electron chi connectivity index (χ2n) is 7.95. The van der Waals surface area contributed by atoms with Crippen molar-refractivity contribution in [1.29, 1.82) is 0 Å². The van der Waals surface area contributed by atoms with E-state index < -0.39 is 5.54 Å². The summed E-state index contributed by atoms with van der Waals surface area (Å²) < 4.78 is 5.56. The van der Waals surface area contributed by atoms with Gasteiger partial charge in [-0.1, -0.05) is 23.8 Å². The second-order valence-corrected chi connectivity index (χ2v) is 7.95. The average Bonchev–Trinajstić information content (AvgIpc) is 3.15. The van der Waals surface area contributed by atoms with Crippen LogP contribution in [0.1, 0.15) is 48.5 Å². The summed E-state index contributed by atoms with van der Waals surface area (Å²) in [6, 6.07) is 15.3. The Bertz CT molecular complexity index is 909. The zero-order valence-electron chi connectivity index (χ0n) is 17.2. The van der Waals surface area contributed by atoms with Gasteiger partial charge in [-0.15, -0.1) is 0 Å². The van der Waals surface area contributed by atoms with Crippen LogP contribution in [0.5, 0.6) is 5.75 Å². The summed E-state index contributed by atoms with van der Waals surface area (Å²) in [7, 11) is 0. The van der Waals surface area contributed by atoms with Crippen molar-refractivity contribution in [3.63, 3.8) is 0 Å². The molecule has 1 atom stereocenters. The number of rotatable bonds is 4. The molecule has 0 aliphatic carbocycles. The molecule has 1 unspecified atom stereocenters. The number of anilines is 1. The Labute approximate surface area is 172 Å². The molecule has 5 nitrogen and oxygen atoms in total. The highest BCUT2D eigenvalue weighted by atomic mass is 16.5. The molecule has 1 spiro atoms. The fourth-order valence-corrected chi connectivity index (χ4v) is 4.66. The van der Waals surface area contributed by atoms with E-state index in [1.807, 2.05) is 66.1 Å². The zero-order valence-corrected chi connectivity index (χ0v) is 17.2. The number of carbonyl (C=O) groups is 2. The van der Waals surface area contributed by atoms with Gasteiger partial charge in [0.2, 0.25) is 0 Å².